The maximum atomic E-state index is 12.2. The number of pyridine rings is 2. The fraction of sp³-hybridized carbons (Fsp3) is 0.294. The zero-order chi connectivity index (χ0) is 17.4. The highest BCUT2D eigenvalue weighted by Crippen LogP contribution is 2.04. The first kappa shape index (κ1) is 17.6. The third kappa shape index (κ3) is 5.44. The van der Waals surface area contributed by atoms with Gasteiger partial charge in [-0.05, 0) is 31.8 Å². The Balaban J connectivity index is 1.93. The summed E-state index contributed by atoms with van der Waals surface area (Å²) in [7, 11) is 3.86. The van der Waals surface area contributed by atoms with Crippen LogP contribution in [-0.4, -0.2) is 53.9 Å². The van der Waals surface area contributed by atoms with Crippen LogP contribution in [0.3, 0.4) is 0 Å². The number of carbonyl (C=O) groups is 2. The minimum absolute atomic E-state index is 0.244. The van der Waals surface area contributed by atoms with Crippen molar-refractivity contribution in [2.45, 2.75) is 6.54 Å². The molecule has 2 aromatic heterocycles. The predicted octanol–water partition coefficient (Wildman–Crippen LogP) is 0.698. The molecule has 0 spiro atoms. The third-order valence-corrected chi connectivity index (χ3v) is 3.28. The first-order chi connectivity index (χ1) is 11.6. The van der Waals surface area contributed by atoms with Crippen LogP contribution in [-0.2, 0) is 6.54 Å². The molecule has 0 fully saturated rings. The molecule has 0 atom stereocenters. The molecule has 0 saturated carbocycles. The van der Waals surface area contributed by atoms with Crippen LogP contribution >= 0.6 is 0 Å². The number of likely N-dealkylation sites (N-methyl/N-ethyl adjacent to an activating group) is 1. The van der Waals surface area contributed by atoms with E-state index in [1.165, 1.54) is 18.5 Å². The number of amides is 2. The van der Waals surface area contributed by atoms with Crippen molar-refractivity contribution in [3.63, 3.8) is 0 Å². The van der Waals surface area contributed by atoms with Crippen molar-refractivity contribution >= 4 is 11.8 Å². The zero-order valence-electron chi connectivity index (χ0n) is 13.8. The largest absolute Gasteiger partial charge is 0.351 e. The first-order valence-corrected chi connectivity index (χ1v) is 7.61. The molecular formula is C17H21N5O2. The van der Waals surface area contributed by atoms with E-state index in [9.17, 15) is 9.59 Å². The molecule has 0 aliphatic rings. The molecule has 2 N–H and O–H groups in total. The summed E-state index contributed by atoms with van der Waals surface area (Å²) in [6.07, 6.45) is 6.25. The van der Waals surface area contributed by atoms with Gasteiger partial charge in [-0.2, -0.15) is 0 Å². The second-order valence-corrected chi connectivity index (χ2v) is 5.57. The molecule has 0 saturated heterocycles. The van der Waals surface area contributed by atoms with Crippen molar-refractivity contribution in [2.24, 2.45) is 0 Å². The lowest BCUT2D eigenvalue weighted by atomic mass is 10.2. The maximum Gasteiger partial charge on any atom is 0.253 e. The Morgan fingerprint density at radius 3 is 2.38 bits per heavy atom. The molecule has 2 aromatic rings. The normalized spacial score (nSPS) is 10.5. The molecule has 126 valence electrons. The Labute approximate surface area is 141 Å². The predicted molar refractivity (Wildman–Crippen MR) is 90.5 cm³/mol. The van der Waals surface area contributed by atoms with E-state index in [2.05, 4.69) is 20.6 Å². The topological polar surface area (TPSA) is 87.2 Å². The van der Waals surface area contributed by atoms with E-state index in [-0.39, 0.29) is 11.8 Å². The quantitative estimate of drug-likeness (QED) is 0.781. The lowest BCUT2D eigenvalue weighted by Gasteiger charge is -2.10. The number of aromatic nitrogens is 2. The number of rotatable bonds is 7. The van der Waals surface area contributed by atoms with Gasteiger partial charge in [0.05, 0.1) is 11.1 Å². The van der Waals surface area contributed by atoms with E-state index in [1.54, 1.807) is 12.4 Å². The Morgan fingerprint density at radius 1 is 1.04 bits per heavy atom. The lowest BCUT2D eigenvalue weighted by molar-refractivity contribution is 0.0950. The van der Waals surface area contributed by atoms with Crippen molar-refractivity contribution in [1.82, 2.24) is 25.5 Å². The molecule has 0 aromatic carbocycles. The van der Waals surface area contributed by atoms with Gasteiger partial charge in [-0.25, -0.2) is 0 Å². The van der Waals surface area contributed by atoms with E-state index in [4.69, 9.17) is 0 Å². The Morgan fingerprint density at radius 2 is 1.75 bits per heavy atom. The minimum atomic E-state index is -0.283. The van der Waals surface area contributed by atoms with Gasteiger partial charge in [0.25, 0.3) is 11.8 Å². The molecule has 7 nitrogen and oxygen atoms in total. The summed E-state index contributed by atoms with van der Waals surface area (Å²) in [5.74, 6) is -0.527. The van der Waals surface area contributed by atoms with Crippen LogP contribution < -0.4 is 10.6 Å². The van der Waals surface area contributed by atoms with E-state index in [1.807, 2.05) is 31.1 Å². The summed E-state index contributed by atoms with van der Waals surface area (Å²) in [5.41, 5.74) is 1.61. The van der Waals surface area contributed by atoms with E-state index in [0.29, 0.717) is 24.2 Å². The standard InChI is InChI=1S/C17H21N5O2/c1-22(2)7-6-20-16(23)14-8-15(12-19-11-14)17(24)21-10-13-4-3-5-18-9-13/h3-5,8-9,11-12H,6-7,10H2,1-2H3,(H,20,23)(H,21,24). The fourth-order valence-corrected chi connectivity index (χ4v) is 1.97. The fourth-order valence-electron chi connectivity index (χ4n) is 1.97. The van der Waals surface area contributed by atoms with Gasteiger partial charge in [0.2, 0.25) is 0 Å². The number of nitrogens with zero attached hydrogens (tertiary/aromatic N) is 3. The number of hydrogen-bond acceptors (Lipinski definition) is 5. The SMILES string of the molecule is CN(C)CCNC(=O)c1cncc(C(=O)NCc2cccnc2)c1. The molecule has 2 heterocycles. The van der Waals surface area contributed by atoms with Gasteiger partial charge in [-0.3, -0.25) is 19.6 Å². The summed E-state index contributed by atoms with van der Waals surface area (Å²) in [6, 6.07) is 5.22. The third-order valence-electron chi connectivity index (χ3n) is 3.28. The van der Waals surface area contributed by atoms with Gasteiger partial charge in [-0.15, -0.1) is 0 Å². The Kier molecular flexibility index (Phi) is 6.39. The van der Waals surface area contributed by atoms with Crippen LogP contribution in [0.5, 0.6) is 0 Å². The van der Waals surface area contributed by atoms with Gasteiger partial charge in [0.1, 0.15) is 0 Å². The van der Waals surface area contributed by atoms with Crippen LogP contribution in [0.25, 0.3) is 0 Å². The average molecular weight is 327 g/mol. The first-order valence-electron chi connectivity index (χ1n) is 7.61. The second-order valence-electron chi connectivity index (χ2n) is 5.57. The molecule has 2 amide bonds. The molecule has 0 aliphatic heterocycles. The highest BCUT2D eigenvalue weighted by Gasteiger charge is 2.11. The molecule has 7 heteroatoms. The van der Waals surface area contributed by atoms with Crippen molar-refractivity contribution in [1.29, 1.82) is 0 Å². The number of carbonyl (C=O) groups excluding carboxylic acids is 2. The summed E-state index contributed by atoms with van der Waals surface area (Å²) in [4.78, 5) is 34.2. The van der Waals surface area contributed by atoms with Crippen molar-refractivity contribution < 1.29 is 9.59 Å². The molecule has 0 aliphatic carbocycles. The van der Waals surface area contributed by atoms with Crippen LogP contribution in [0.4, 0.5) is 0 Å². The molecular weight excluding hydrogens is 306 g/mol. The van der Waals surface area contributed by atoms with Crippen molar-refractivity contribution in [2.75, 3.05) is 27.2 Å². The van der Waals surface area contributed by atoms with Crippen LogP contribution in [0.1, 0.15) is 26.3 Å². The summed E-state index contributed by atoms with van der Waals surface area (Å²) >= 11 is 0. The zero-order valence-corrected chi connectivity index (χ0v) is 13.8. The van der Waals surface area contributed by atoms with E-state index >= 15 is 0 Å². The molecule has 24 heavy (non-hydrogen) atoms. The molecule has 0 radical (unpaired) electrons. The number of hydrogen-bond donors (Lipinski definition) is 2. The van der Waals surface area contributed by atoms with Gasteiger partial charge in [-0.1, -0.05) is 6.07 Å². The number of nitrogens with one attached hydrogen (secondary N) is 2. The highest BCUT2D eigenvalue weighted by atomic mass is 16.2. The second kappa shape index (κ2) is 8.73. The average Bonchev–Trinajstić information content (AvgIpc) is 2.60. The monoisotopic (exact) mass is 327 g/mol. The smallest absolute Gasteiger partial charge is 0.253 e. The minimum Gasteiger partial charge on any atom is -0.351 e. The van der Waals surface area contributed by atoms with Gasteiger partial charge < -0.3 is 15.5 Å². The van der Waals surface area contributed by atoms with Crippen molar-refractivity contribution in [3.05, 3.63) is 59.7 Å². The molecule has 0 bridgehead atoms. The Bertz CT molecular complexity index is 688. The van der Waals surface area contributed by atoms with Gasteiger partial charge >= 0.3 is 0 Å². The summed E-state index contributed by atoms with van der Waals surface area (Å²) < 4.78 is 0. The van der Waals surface area contributed by atoms with Crippen LogP contribution in [0.2, 0.25) is 0 Å². The lowest BCUT2D eigenvalue weighted by Crippen LogP contribution is -2.31. The van der Waals surface area contributed by atoms with Gasteiger partial charge in [0.15, 0.2) is 0 Å². The van der Waals surface area contributed by atoms with Crippen LogP contribution in [0.15, 0.2) is 43.0 Å². The van der Waals surface area contributed by atoms with E-state index < -0.39 is 0 Å². The summed E-state index contributed by atoms with van der Waals surface area (Å²) in [5, 5.41) is 5.58. The van der Waals surface area contributed by atoms with Crippen LogP contribution in [0, 0.1) is 0 Å². The van der Waals surface area contributed by atoms with E-state index in [0.717, 1.165) is 12.1 Å². The van der Waals surface area contributed by atoms with Gasteiger partial charge in [0, 0.05) is 44.4 Å². The highest BCUT2D eigenvalue weighted by molar-refractivity contribution is 5.99. The Hall–Kier alpha value is -2.80. The van der Waals surface area contributed by atoms with Crippen molar-refractivity contribution in [3.8, 4) is 0 Å². The summed E-state index contributed by atoms with van der Waals surface area (Å²) in [6.45, 7) is 1.64. The molecule has 2 rings (SSSR count). The molecule has 0 unspecified atom stereocenters. The maximum absolute atomic E-state index is 12.2.